The minimum Gasteiger partial charge on any atom is -0.508 e. The van der Waals surface area contributed by atoms with Gasteiger partial charge in [-0.25, -0.2) is 0 Å². The van der Waals surface area contributed by atoms with E-state index >= 15 is 0 Å². The zero-order valence-corrected chi connectivity index (χ0v) is 13.8. The first-order chi connectivity index (χ1) is 9.67. The highest BCUT2D eigenvalue weighted by molar-refractivity contribution is 5.64. The Kier molecular flexibility index (Phi) is 4.13. The average Bonchev–Trinajstić information content (AvgIpc) is 2.37. The molecule has 1 heteroatoms. The summed E-state index contributed by atoms with van der Waals surface area (Å²) in [5.74, 6) is 0.307. The summed E-state index contributed by atoms with van der Waals surface area (Å²) in [6, 6.07) is 16.2. The summed E-state index contributed by atoms with van der Waals surface area (Å²) in [7, 11) is 0. The number of benzene rings is 2. The lowest BCUT2D eigenvalue weighted by atomic mass is 9.72. The zero-order valence-electron chi connectivity index (χ0n) is 13.8. The van der Waals surface area contributed by atoms with Gasteiger partial charge in [-0.1, -0.05) is 71.0 Å². The molecule has 0 atom stereocenters. The largest absolute Gasteiger partial charge is 0.508 e. The SMILES string of the molecule is CC(C)(C)CC(C)(C)c1ccc(-c2ccc(O)cc2)cc1. The fourth-order valence-corrected chi connectivity index (χ4v) is 3.20. The van der Waals surface area contributed by atoms with Crippen LogP contribution in [-0.2, 0) is 5.41 Å². The smallest absolute Gasteiger partial charge is 0.115 e. The van der Waals surface area contributed by atoms with Crippen LogP contribution < -0.4 is 0 Å². The fourth-order valence-electron chi connectivity index (χ4n) is 3.20. The van der Waals surface area contributed by atoms with Crippen LogP contribution in [-0.4, -0.2) is 5.11 Å². The van der Waals surface area contributed by atoms with Gasteiger partial charge < -0.3 is 5.11 Å². The lowest BCUT2D eigenvalue weighted by Crippen LogP contribution is -2.24. The van der Waals surface area contributed by atoms with Crippen molar-refractivity contribution < 1.29 is 5.11 Å². The van der Waals surface area contributed by atoms with Crippen molar-refractivity contribution in [1.29, 1.82) is 0 Å². The molecule has 1 nitrogen and oxygen atoms in total. The zero-order chi connectivity index (χ0) is 15.7. The normalized spacial score (nSPS) is 12.4. The van der Waals surface area contributed by atoms with E-state index in [9.17, 15) is 5.11 Å². The van der Waals surface area contributed by atoms with Crippen LogP contribution in [0.15, 0.2) is 48.5 Å². The predicted molar refractivity (Wildman–Crippen MR) is 90.6 cm³/mol. The molecular formula is C20H26O. The van der Waals surface area contributed by atoms with E-state index in [0.717, 1.165) is 12.0 Å². The highest BCUT2D eigenvalue weighted by Crippen LogP contribution is 2.36. The van der Waals surface area contributed by atoms with Crippen LogP contribution in [0, 0.1) is 5.41 Å². The third-order valence-corrected chi connectivity index (χ3v) is 3.84. The Bertz CT molecular complexity index is 583. The van der Waals surface area contributed by atoms with Crippen LogP contribution in [0.4, 0.5) is 0 Å². The molecule has 1 N–H and O–H groups in total. The summed E-state index contributed by atoms with van der Waals surface area (Å²) >= 11 is 0. The van der Waals surface area contributed by atoms with Crippen LogP contribution in [0.2, 0.25) is 0 Å². The monoisotopic (exact) mass is 282 g/mol. The van der Waals surface area contributed by atoms with Gasteiger partial charge in [0.1, 0.15) is 5.75 Å². The first kappa shape index (κ1) is 15.6. The molecule has 0 saturated carbocycles. The van der Waals surface area contributed by atoms with Crippen LogP contribution in [0.1, 0.15) is 46.6 Å². The summed E-state index contributed by atoms with van der Waals surface area (Å²) in [6.45, 7) is 11.5. The molecule has 0 aliphatic rings. The second kappa shape index (κ2) is 5.55. The number of aromatic hydroxyl groups is 1. The Morgan fingerprint density at radius 2 is 1.14 bits per heavy atom. The Labute approximate surface area is 128 Å². The molecular weight excluding hydrogens is 256 g/mol. The summed E-state index contributed by atoms with van der Waals surface area (Å²) in [4.78, 5) is 0. The number of phenolic OH excluding ortho intramolecular Hbond substituents is 1. The van der Waals surface area contributed by atoms with Crippen LogP contribution in [0.3, 0.4) is 0 Å². The maximum atomic E-state index is 9.36. The minimum atomic E-state index is 0.172. The molecule has 2 aromatic carbocycles. The van der Waals surface area contributed by atoms with Crippen molar-refractivity contribution >= 4 is 0 Å². The molecule has 0 saturated heterocycles. The Morgan fingerprint density at radius 1 is 0.714 bits per heavy atom. The Balaban J connectivity index is 2.24. The van der Waals surface area contributed by atoms with E-state index in [1.807, 2.05) is 12.1 Å². The molecule has 2 aromatic rings. The molecule has 0 unspecified atom stereocenters. The van der Waals surface area contributed by atoms with Gasteiger partial charge in [0.2, 0.25) is 0 Å². The molecule has 0 radical (unpaired) electrons. The molecule has 0 fully saturated rings. The first-order valence-electron chi connectivity index (χ1n) is 7.57. The lowest BCUT2D eigenvalue weighted by molar-refractivity contribution is 0.284. The van der Waals surface area contributed by atoms with E-state index in [1.165, 1.54) is 11.1 Å². The number of phenols is 1. The number of rotatable bonds is 3. The van der Waals surface area contributed by atoms with Crippen LogP contribution in [0.5, 0.6) is 5.75 Å². The summed E-state index contributed by atoms with van der Waals surface area (Å²) in [6.07, 6.45) is 1.15. The molecule has 0 spiro atoms. The van der Waals surface area contributed by atoms with E-state index < -0.39 is 0 Å². The minimum absolute atomic E-state index is 0.172. The third-order valence-electron chi connectivity index (χ3n) is 3.84. The average molecular weight is 282 g/mol. The van der Waals surface area contributed by atoms with Gasteiger partial charge in [0.05, 0.1) is 0 Å². The third kappa shape index (κ3) is 4.10. The van der Waals surface area contributed by atoms with Gasteiger partial charge in [-0.2, -0.15) is 0 Å². The van der Waals surface area contributed by atoms with E-state index in [0.29, 0.717) is 11.2 Å². The van der Waals surface area contributed by atoms with E-state index in [1.54, 1.807) is 12.1 Å². The maximum absolute atomic E-state index is 9.36. The van der Waals surface area contributed by atoms with Crippen LogP contribution in [0.25, 0.3) is 11.1 Å². The van der Waals surface area contributed by atoms with Crippen molar-refractivity contribution in [2.45, 2.75) is 46.5 Å². The van der Waals surface area contributed by atoms with E-state index in [-0.39, 0.29) is 5.41 Å². The highest BCUT2D eigenvalue weighted by atomic mass is 16.3. The van der Waals surface area contributed by atoms with Crippen molar-refractivity contribution in [2.75, 3.05) is 0 Å². The molecule has 112 valence electrons. The summed E-state index contributed by atoms with van der Waals surface area (Å²) < 4.78 is 0. The van der Waals surface area contributed by atoms with Gasteiger partial charge in [-0.15, -0.1) is 0 Å². The summed E-state index contributed by atoms with van der Waals surface area (Å²) in [5, 5.41) is 9.36. The molecule has 0 aromatic heterocycles. The van der Waals surface area contributed by atoms with E-state index in [2.05, 4.69) is 58.9 Å². The molecule has 0 aliphatic heterocycles. The second-order valence-corrected chi connectivity index (χ2v) is 7.75. The van der Waals surface area contributed by atoms with Crippen molar-refractivity contribution in [3.63, 3.8) is 0 Å². The van der Waals surface area contributed by atoms with Gasteiger partial charge in [0.15, 0.2) is 0 Å². The van der Waals surface area contributed by atoms with Gasteiger partial charge in [-0.05, 0) is 46.1 Å². The van der Waals surface area contributed by atoms with Crippen LogP contribution >= 0.6 is 0 Å². The van der Waals surface area contributed by atoms with Crippen molar-refractivity contribution in [2.24, 2.45) is 5.41 Å². The second-order valence-electron chi connectivity index (χ2n) is 7.75. The molecule has 0 aliphatic carbocycles. The molecule has 0 heterocycles. The Hall–Kier alpha value is -1.76. The molecule has 0 bridgehead atoms. The number of hydrogen-bond donors (Lipinski definition) is 1. The molecule has 2 rings (SSSR count). The number of hydrogen-bond acceptors (Lipinski definition) is 1. The fraction of sp³-hybridized carbons (Fsp3) is 0.400. The Morgan fingerprint density at radius 3 is 1.57 bits per heavy atom. The lowest BCUT2D eigenvalue weighted by Gasteiger charge is -2.33. The standard InChI is InChI=1S/C20H26O/c1-19(2,3)14-20(4,5)17-10-6-15(7-11-17)16-8-12-18(21)13-9-16/h6-13,21H,14H2,1-5H3. The predicted octanol–water partition coefficient (Wildman–Crippen LogP) is 5.77. The van der Waals surface area contributed by atoms with Gasteiger partial charge >= 0.3 is 0 Å². The van der Waals surface area contributed by atoms with Crippen molar-refractivity contribution in [3.05, 3.63) is 54.1 Å². The first-order valence-corrected chi connectivity index (χ1v) is 7.57. The van der Waals surface area contributed by atoms with Gasteiger partial charge in [-0.3, -0.25) is 0 Å². The van der Waals surface area contributed by atoms with E-state index in [4.69, 9.17) is 0 Å². The van der Waals surface area contributed by atoms with Gasteiger partial charge in [0.25, 0.3) is 0 Å². The topological polar surface area (TPSA) is 20.2 Å². The van der Waals surface area contributed by atoms with Crippen molar-refractivity contribution in [1.82, 2.24) is 0 Å². The molecule has 21 heavy (non-hydrogen) atoms. The maximum Gasteiger partial charge on any atom is 0.115 e. The van der Waals surface area contributed by atoms with Gasteiger partial charge in [0, 0.05) is 0 Å². The summed E-state index contributed by atoms with van der Waals surface area (Å²) in [5.41, 5.74) is 4.18. The quantitative estimate of drug-likeness (QED) is 0.757. The molecule has 0 amide bonds. The van der Waals surface area contributed by atoms with Crippen molar-refractivity contribution in [3.8, 4) is 16.9 Å². The highest BCUT2D eigenvalue weighted by Gasteiger charge is 2.27.